The third kappa shape index (κ3) is 2.98. The Kier molecular flexibility index (Phi) is 3.33. The zero-order valence-corrected chi connectivity index (χ0v) is 9.98. The molecule has 1 amide bonds. The summed E-state index contributed by atoms with van der Waals surface area (Å²) in [4.78, 5) is 21.5. The first-order valence-corrected chi connectivity index (χ1v) is 5.62. The number of rotatable bonds is 3. The summed E-state index contributed by atoms with van der Waals surface area (Å²) in [6.07, 6.45) is 0. The van der Waals surface area contributed by atoms with Gasteiger partial charge in [0.25, 0.3) is 11.6 Å². The molecular formula is C9H6FN5O3S. The van der Waals surface area contributed by atoms with Crippen LogP contribution in [0.1, 0.15) is 10.4 Å². The normalized spacial score (nSPS) is 10.2. The number of carbonyl (C=O) groups excluding carboxylic acids is 1. The van der Waals surface area contributed by atoms with Crippen LogP contribution < -0.4 is 11.1 Å². The maximum atomic E-state index is 13.2. The molecule has 98 valence electrons. The monoisotopic (exact) mass is 283 g/mol. The largest absolute Gasteiger partial charge is 0.374 e. The van der Waals surface area contributed by atoms with Gasteiger partial charge in [0, 0.05) is 11.6 Å². The number of benzene rings is 1. The van der Waals surface area contributed by atoms with Crippen LogP contribution in [0.15, 0.2) is 18.2 Å². The van der Waals surface area contributed by atoms with Gasteiger partial charge in [0.15, 0.2) is 0 Å². The standard InChI is InChI=1S/C9H6FN5O3S/c10-5-1-4(2-6(3-5)15(17)18)7(16)12-9-14-13-8(11)19-9/h1-3H,(H2,11,13)(H,12,14,16). The molecule has 0 aliphatic heterocycles. The van der Waals surface area contributed by atoms with Crippen molar-refractivity contribution in [3.05, 3.63) is 39.7 Å². The highest BCUT2D eigenvalue weighted by atomic mass is 32.1. The maximum Gasteiger partial charge on any atom is 0.273 e. The molecule has 0 unspecified atom stereocenters. The Morgan fingerprint density at radius 1 is 1.42 bits per heavy atom. The third-order valence-corrected chi connectivity index (χ3v) is 2.68. The molecule has 0 fully saturated rings. The molecule has 0 radical (unpaired) electrons. The summed E-state index contributed by atoms with van der Waals surface area (Å²) in [5, 5.41) is 20.2. The molecule has 0 spiro atoms. The number of non-ortho nitro benzene ring substituents is 1. The summed E-state index contributed by atoms with van der Waals surface area (Å²) < 4.78 is 13.2. The van der Waals surface area contributed by atoms with Crippen molar-refractivity contribution < 1.29 is 14.1 Å². The molecule has 1 heterocycles. The first kappa shape index (κ1) is 12.8. The molecule has 0 saturated heterocycles. The fourth-order valence-corrected chi connectivity index (χ4v) is 1.77. The molecule has 0 saturated carbocycles. The molecule has 0 aliphatic rings. The number of hydrogen-bond donors (Lipinski definition) is 2. The molecule has 0 bridgehead atoms. The molecule has 10 heteroatoms. The van der Waals surface area contributed by atoms with Gasteiger partial charge in [-0.25, -0.2) is 4.39 Å². The summed E-state index contributed by atoms with van der Waals surface area (Å²) >= 11 is 0.921. The van der Waals surface area contributed by atoms with E-state index in [1.807, 2.05) is 0 Å². The number of nitro groups is 1. The van der Waals surface area contributed by atoms with Crippen LogP contribution in [-0.2, 0) is 0 Å². The summed E-state index contributed by atoms with van der Waals surface area (Å²) in [6, 6.07) is 2.56. The number of amides is 1. The van der Waals surface area contributed by atoms with E-state index >= 15 is 0 Å². The molecule has 1 aromatic heterocycles. The number of nitrogens with one attached hydrogen (secondary N) is 1. The number of nitrogens with two attached hydrogens (primary N) is 1. The lowest BCUT2D eigenvalue weighted by molar-refractivity contribution is -0.385. The quantitative estimate of drug-likeness (QED) is 0.648. The van der Waals surface area contributed by atoms with Crippen LogP contribution in [0.5, 0.6) is 0 Å². The predicted molar refractivity (Wildman–Crippen MR) is 65.3 cm³/mol. The van der Waals surface area contributed by atoms with Gasteiger partial charge in [0.1, 0.15) is 5.82 Å². The van der Waals surface area contributed by atoms with Gasteiger partial charge in [-0.15, -0.1) is 10.2 Å². The van der Waals surface area contributed by atoms with Crippen LogP contribution >= 0.6 is 11.3 Å². The van der Waals surface area contributed by atoms with Crippen LogP contribution in [0.4, 0.5) is 20.3 Å². The number of aromatic nitrogens is 2. The molecule has 2 aromatic rings. The van der Waals surface area contributed by atoms with Crippen molar-refractivity contribution >= 4 is 33.2 Å². The van der Waals surface area contributed by atoms with Gasteiger partial charge < -0.3 is 5.73 Å². The Balaban J connectivity index is 2.26. The van der Waals surface area contributed by atoms with Crippen molar-refractivity contribution in [2.24, 2.45) is 0 Å². The Labute approximate surface area is 109 Å². The van der Waals surface area contributed by atoms with E-state index in [-0.39, 0.29) is 15.8 Å². The highest BCUT2D eigenvalue weighted by Crippen LogP contribution is 2.20. The van der Waals surface area contributed by atoms with Crippen molar-refractivity contribution in [2.45, 2.75) is 0 Å². The van der Waals surface area contributed by atoms with Gasteiger partial charge in [-0.3, -0.25) is 20.2 Å². The number of anilines is 2. The van der Waals surface area contributed by atoms with Gasteiger partial charge >= 0.3 is 0 Å². The lowest BCUT2D eigenvalue weighted by Crippen LogP contribution is -2.12. The highest BCUT2D eigenvalue weighted by molar-refractivity contribution is 7.19. The molecular weight excluding hydrogens is 277 g/mol. The molecule has 0 aliphatic carbocycles. The second-order valence-electron chi connectivity index (χ2n) is 3.35. The van der Waals surface area contributed by atoms with E-state index in [0.29, 0.717) is 0 Å². The zero-order valence-electron chi connectivity index (χ0n) is 9.16. The minimum Gasteiger partial charge on any atom is -0.374 e. The van der Waals surface area contributed by atoms with E-state index in [1.165, 1.54) is 0 Å². The third-order valence-electron chi connectivity index (χ3n) is 2.02. The van der Waals surface area contributed by atoms with Crippen LogP contribution in [-0.4, -0.2) is 21.0 Å². The maximum absolute atomic E-state index is 13.2. The van der Waals surface area contributed by atoms with Crippen LogP contribution in [0.3, 0.4) is 0 Å². The van der Waals surface area contributed by atoms with Crippen molar-refractivity contribution in [1.29, 1.82) is 0 Å². The molecule has 2 rings (SSSR count). The van der Waals surface area contributed by atoms with Crippen molar-refractivity contribution in [3.63, 3.8) is 0 Å². The van der Waals surface area contributed by atoms with E-state index in [2.05, 4.69) is 15.5 Å². The second kappa shape index (κ2) is 4.94. The number of nitro benzene ring substituents is 1. The molecule has 8 nitrogen and oxygen atoms in total. The lowest BCUT2D eigenvalue weighted by Gasteiger charge is -2.01. The number of hydrogen-bond acceptors (Lipinski definition) is 7. The van der Waals surface area contributed by atoms with E-state index < -0.39 is 22.3 Å². The summed E-state index contributed by atoms with van der Waals surface area (Å²) in [5.74, 6) is -1.62. The first-order valence-electron chi connectivity index (χ1n) is 4.81. The van der Waals surface area contributed by atoms with Crippen LogP contribution in [0.2, 0.25) is 0 Å². The van der Waals surface area contributed by atoms with Crippen LogP contribution in [0.25, 0.3) is 0 Å². The Hall–Kier alpha value is -2.62. The van der Waals surface area contributed by atoms with Crippen molar-refractivity contribution in [3.8, 4) is 0 Å². The van der Waals surface area contributed by atoms with E-state index in [0.717, 1.165) is 29.5 Å². The Bertz CT molecular complexity index is 659. The first-order chi connectivity index (χ1) is 8.95. The fourth-order valence-electron chi connectivity index (χ4n) is 1.27. The molecule has 19 heavy (non-hydrogen) atoms. The fraction of sp³-hybridized carbons (Fsp3) is 0. The van der Waals surface area contributed by atoms with Gasteiger partial charge in [-0.1, -0.05) is 11.3 Å². The molecule has 0 atom stereocenters. The predicted octanol–water partition coefficient (Wildman–Crippen LogP) is 1.42. The van der Waals surface area contributed by atoms with E-state index in [1.54, 1.807) is 0 Å². The smallest absolute Gasteiger partial charge is 0.273 e. The topological polar surface area (TPSA) is 124 Å². The summed E-state index contributed by atoms with van der Waals surface area (Å²) in [5.41, 5.74) is 4.62. The second-order valence-corrected chi connectivity index (χ2v) is 4.36. The number of halogens is 1. The number of carbonyl (C=O) groups is 1. The van der Waals surface area contributed by atoms with Crippen molar-refractivity contribution in [2.75, 3.05) is 11.1 Å². The Morgan fingerprint density at radius 2 is 2.16 bits per heavy atom. The average Bonchev–Trinajstić information content (AvgIpc) is 2.73. The van der Waals surface area contributed by atoms with Gasteiger partial charge in [-0.2, -0.15) is 0 Å². The minimum atomic E-state index is -0.879. The van der Waals surface area contributed by atoms with Gasteiger partial charge in [0.05, 0.1) is 11.0 Å². The minimum absolute atomic E-state index is 0.120. The lowest BCUT2D eigenvalue weighted by atomic mass is 10.2. The average molecular weight is 283 g/mol. The molecule has 3 N–H and O–H groups in total. The summed E-state index contributed by atoms with van der Waals surface area (Å²) in [7, 11) is 0. The SMILES string of the molecule is Nc1nnc(NC(=O)c2cc(F)cc([N+](=O)[O-])c2)s1. The number of nitrogen functional groups attached to an aromatic ring is 1. The molecule has 1 aromatic carbocycles. The van der Waals surface area contributed by atoms with E-state index in [4.69, 9.17) is 5.73 Å². The van der Waals surface area contributed by atoms with Gasteiger partial charge in [-0.05, 0) is 6.07 Å². The Morgan fingerprint density at radius 3 is 2.74 bits per heavy atom. The number of nitrogens with zero attached hydrogens (tertiary/aromatic N) is 3. The van der Waals surface area contributed by atoms with E-state index in [9.17, 15) is 19.3 Å². The van der Waals surface area contributed by atoms with Crippen molar-refractivity contribution in [1.82, 2.24) is 10.2 Å². The van der Waals surface area contributed by atoms with Crippen LogP contribution in [0, 0.1) is 15.9 Å². The highest BCUT2D eigenvalue weighted by Gasteiger charge is 2.16. The zero-order chi connectivity index (χ0) is 14.0. The summed E-state index contributed by atoms with van der Waals surface area (Å²) in [6.45, 7) is 0. The van der Waals surface area contributed by atoms with Gasteiger partial charge in [0.2, 0.25) is 10.3 Å².